The van der Waals surface area contributed by atoms with E-state index >= 15 is 0 Å². The molecule has 3 aromatic rings. The summed E-state index contributed by atoms with van der Waals surface area (Å²) in [5, 5.41) is 14.0. The minimum Gasteiger partial charge on any atom is -0.493 e. The maximum atomic E-state index is 10.5. The van der Waals surface area contributed by atoms with E-state index in [-0.39, 0.29) is 25.1 Å². The highest BCUT2D eigenvalue weighted by Crippen LogP contribution is 2.28. The molecule has 0 aliphatic carbocycles. The summed E-state index contributed by atoms with van der Waals surface area (Å²) in [5.74, 6) is 1.35. The molecule has 0 saturated carbocycles. The van der Waals surface area contributed by atoms with Gasteiger partial charge in [-0.05, 0) is 35.2 Å². The number of aryl methyl sites for hydroxylation is 1. The summed E-state index contributed by atoms with van der Waals surface area (Å²) in [6.45, 7) is 2.75. The number of halogens is 1. The fourth-order valence-electron chi connectivity index (χ4n) is 3.49. The molecule has 0 amide bonds. The molecule has 1 atom stereocenters. The van der Waals surface area contributed by atoms with Crippen molar-refractivity contribution in [3.63, 3.8) is 0 Å². The lowest BCUT2D eigenvalue weighted by Crippen LogP contribution is -2.34. The van der Waals surface area contributed by atoms with Gasteiger partial charge in [-0.25, -0.2) is 0 Å². The van der Waals surface area contributed by atoms with Gasteiger partial charge in [0, 0.05) is 6.54 Å². The first-order valence-electron chi connectivity index (χ1n) is 10.5. The third-order valence-electron chi connectivity index (χ3n) is 5.02. The third-order valence-corrected chi connectivity index (χ3v) is 5.02. The third kappa shape index (κ3) is 7.28. The first kappa shape index (κ1) is 24.7. The Morgan fingerprint density at radius 2 is 1.48 bits per heavy atom. The summed E-state index contributed by atoms with van der Waals surface area (Å²) < 4.78 is 11.3. The molecule has 0 aliphatic heterocycles. The number of aliphatic hydroxyl groups is 1. The van der Waals surface area contributed by atoms with Gasteiger partial charge in [-0.2, -0.15) is 0 Å². The molecule has 5 heteroatoms. The molecular formula is C26H32ClNO3. The van der Waals surface area contributed by atoms with Crippen LogP contribution >= 0.6 is 12.4 Å². The normalized spacial score (nSPS) is 11.6. The number of benzene rings is 3. The van der Waals surface area contributed by atoms with E-state index in [0.29, 0.717) is 18.0 Å². The molecule has 0 fully saturated rings. The number of aliphatic hydroxyl groups excluding tert-OH is 1. The van der Waals surface area contributed by atoms with Crippen molar-refractivity contribution in [3.8, 4) is 11.5 Å². The molecule has 1 unspecified atom stereocenters. The Kier molecular flexibility index (Phi) is 10.4. The molecular weight excluding hydrogens is 410 g/mol. The van der Waals surface area contributed by atoms with Crippen LogP contribution < -0.4 is 14.8 Å². The van der Waals surface area contributed by atoms with Gasteiger partial charge in [0.15, 0.2) is 11.5 Å². The zero-order chi connectivity index (χ0) is 21.2. The quantitative estimate of drug-likeness (QED) is 0.430. The van der Waals surface area contributed by atoms with E-state index in [2.05, 4.69) is 36.5 Å². The average Bonchev–Trinajstić information content (AvgIpc) is 2.80. The highest BCUT2D eigenvalue weighted by molar-refractivity contribution is 5.85. The second-order valence-electron chi connectivity index (χ2n) is 7.36. The van der Waals surface area contributed by atoms with E-state index < -0.39 is 6.10 Å². The summed E-state index contributed by atoms with van der Waals surface area (Å²) in [6, 6.07) is 26.5. The number of ether oxygens (including phenoxy) is 2. The first-order chi connectivity index (χ1) is 14.7. The van der Waals surface area contributed by atoms with E-state index in [0.717, 1.165) is 24.0 Å². The van der Waals surface area contributed by atoms with Gasteiger partial charge >= 0.3 is 0 Å². The number of methoxy groups -OCH3 is 1. The Hall–Kier alpha value is -2.53. The van der Waals surface area contributed by atoms with Crippen LogP contribution in [-0.2, 0) is 6.42 Å². The van der Waals surface area contributed by atoms with Gasteiger partial charge in [-0.3, -0.25) is 0 Å². The van der Waals surface area contributed by atoms with Gasteiger partial charge in [0.25, 0.3) is 0 Å². The highest BCUT2D eigenvalue weighted by Gasteiger charge is 2.16. The van der Waals surface area contributed by atoms with Gasteiger partial charge < -0.3 is 19.9 Å². The Morgan fingerprint density at radius 1 is 0.871 bits per heavy atom. The predicted octanol–water partition coefficient (Wildman–Crippen LogP) is 5.19. The zero-order valence-electron chi connectivity index (χ0n) is 18.2. The minimum absolute atomic E-state index is 0. The average molecular weight is 442 g/mol. The zero-order valence-corrected chi connectivity index (χ0v) is 19.0. The highest BCUT2D eigenvalue weighted by atomic mass is 35.5. The molecule has 3 rings (SSSR count). The summed E-state index contributed by atoms with van der Waals surface area (Å²) >= 11 is 0. The molecule has 0 radical (unpaired) electrons. The Balaban J connectivity index is 0.00000341. The summed E-state index contributed by atoms with van der Waals surface area (Å²) in [7, 11) is 1.64. The molecule has 4 nitrogen and oxygen atoms in total. The first-order valence-corrected chi connectivity index (χ1v) is 10.5. The van der Waals surface area contributed by atoms with Crippen molar-refractivity contribution >= 4 is 12.4 Å². The number of hydrogen-bond donors (Lipinski definition) is 2. The molecule has 0 heterocycles. The van der Waals surface area contributed by atoms with Crippen molar-refractivity contribution < 1.29 is 14.6 Å². The topological polar surface area (TPSA) is 50.7 Å². The summed E-state index contributed by atoms with van der Waals surface area (Å²) in [6.07, 6.45) is 1.43. The number of nitrogens with one attached hydrogen (secondary N) is 1. The lowest BCUT2D eigenvalue weighted by Gasteiger charge is -2.22. The summed E-state index contributed by atoms with van der Waals surface area (Å²) in [4.78, 5) is 0. The van der Waals surface area contributed by atoms with Crippen LogP contribution in [0.1, 0.15) is 36.1 Å². The molecule has 0 bridgehead atoms. The smallest absolute Gasteiger partial charge is 0.161 e. The van der Waals surface area contributed by atoms with E-state index in [4.69, 9.17) is 9.47 Å². The number of rotatable bonds is 11. The van der Waals surface area contributed by atoms with Crippen LogP contribution in [0.25, 0.3) is 0 Å². The van der Waals surface area contributed by atoms with Crippen molar-refractivity contribution in [1.82, 2.24) is 5.32 Å². The van der Waals surface area contributed by atoms with Gasteiger partial charge in [-0.1, -0.05) is 80.1 Å². The van der Waals surface area contributed by atoms with Crippen LogP contribution in [0.5, 0.6) is 11.5 Å². The van der Waals surface area contributed by atoms with Crippen LogP contribution in [0, 0.1) is 0 Å². The van der Waals surface area contributed by atoms with Gasteiger partial charge in [0.05, 0.1) is 13.2 Å². The van der Waals surface area contributed by atoms with Crippen LogP contribution in [-0.4, -0.2) is 31.5 Å². The van der Waals surface area contributed by atoms with E-state index in [1.165, 1.54) is 5.56 Å². The Labute approximate surface area is 191 Å². The van der Waals surface area contributed by atoms with E-state index in [1.54, 1.807) is 7.11 Å². The molecule has 0 spiro atoms. The summed E-state index contributed by atoms with van der Waals surface area (Å²) in [5.41, 5.74) is 3.53. The van der Waals surface area contributed by atoms with Crippen molar-refractivity contribution in [2.24, 2.45) is 0 Å². The molecule has 3 aromatic carbocycles. The maximum absolute atomic E-state index is 10.5. The van der Waals surface area contributed by atoms with Gasteiger partial charge in [0.2, 0.25) is 0 Å². The lowest BCUT2D eigenvalue weighted by atomic mass is 9.98. The largest absolute Gasteiger partial charge is 0.493 e. The van der Waals surface area contributed by atoms with Crippen LogP contribution in [0.3, 0.4) is 0 Å². The second kappa shape index (κ2) is 13.0. The van der Waals surface area contributed by atoms with Crippen LogP contribution in [0.15, 0.2) is 78.9 Å². The van der Waals surface area contributed by atoms with Crippen molar-refractivity contribution in [2.45, 2.75) is 31.9 Å². The van der Waals surface area contributed by atoms with E-state index in [9.17, 15) is 5.11 Å². The monoisotopic (exact) mass is 441 g/mol. The van der Waals surface area contributed by atoms with Gasteiger partial charge in [-0.15, -0.1) is 12.4 Å². The van der Waals surface area contributed by atoms with Gasteiger partial charge in [0.1, 0.15) is 12.7 Å². The van der Waals surface area contributed by atoms with E-state index in [1.807, 2.05) is 54.6 Å². The minimum atomic E-state index is -0.653. The predicted molar refractivity (Wildman–Crippen MR) is 128 cm³/mol. The SMILES string of the molecule is CCCc1ccc(OCC(O)CNC(c2ccccc2)c2ccccc2)c(OC)c1.Cl. The fourth-order valence-corrected chi connectivity index (χ4v) is 3.49. The molecule has 166 valence electrons. The molecule has 0 aliphatic rings. The second-order valence-corrected chi connectivity index (χ2v) is 7.36. The molecule has 0 aromatic heterocycles. The van der Waals surface area contributed by atoms with Crippen molar-refractivity contribution in [3.05, 3.63) is 95.6 Å². The molecule has 0 saturated heterocycles. The standard InChI is InChI=1S/C26H31NO3.ClH/c1-3-10-20-15-16-24(25(17-20)29-2)30-19-23(28)18-27-26(21-11-6-4-7-12-21)22-13-8-5-9-14-22;/h4-9,11-17,23,26-28H,3,10,18-19H2,1-2H3;1H. The van der Waals surface area contributed by atoms with Crippen LogP contribution in [0.2, 0.25) is 0 Å². The Bertz CT molecular complexity index is 850. The van der Waals surface area contributed by atoms with Crippen LogP contribution in [0.4, 0.5) is 0 Å². The fraction of sp³-hybridized carbons (Fsp3) is 0.308. The Morgan fingerprint density at radius 3 is 2.03 bits per heavy atom. The van der Waals surface area contributed by atoms with Crippen molar-refractivity contribution in [2.75, 3.05) is 20.3 Å². The number of hydrogen-bond acceptors (Lipinski definition) is 4. The lowest BCUT2D eigenvalue weighted by molar-refractivity contribution is 0.103. The molecule has 31 heavy (non-hydrogen) atoms. The maximum Gasteiger partial charge on any atom is 0.161 e. The van der Waals surface area contributed by atoms with Crippen molar-refractivity contribution in [1.29, 1.82) is 0 Å². The molecule has 2 N–H and O–H groups in total.